The second kappa shape index (κ2) is 3.56. The van der Waals surface area contributed by atoms with Gasteiger partial charge in [-0.1, -0.05) is 13.8 Å². The lowest BCUT2D eigenvalue weighted by molar-refractivity contribution is 0.0938. The van der Waals surface area contributed by atoms with Crippen LogP contribution in [0.15, 0.2) is 12.4 Å². The molecule has 0 saturated heterocycles. The van der Waals surface area contributed by atoms with Crippen molar-refractivity contribution >= 4 is 0 Å². The van der Waals surface area contributed by atoms with Crippen LogP contribution in [0.2, 0.25) is 0 Å². The van der Waals surface area contributed by atoms with Gasteiger partial charge in [-0.3, -0.25) is 0 Å². The molecular weight excluding hydrogens is 178 g/mol. The number of fused-ring (bicyclic) bond motifs is 1. The van der Waals surface area contributed by atoms with Crippen LogP contribution in [0.4, 0.5) is 0 Å². The smallest absolute Gasteiger partial charge is 0.178 e. The molecular formula is C11H17NO2. The molecule has 3 heteroatoms. The molecule has 1 aromatic rings. The van der Waals surface area contributed by atoms with Crippen molar-refractivity contribution in [1.82, 2.24) is 4.98 Å². The fourth-order valence-corrected chi connectivity index (χ4v) is 1.72. The second-order valence-electron chi connectivity index (χ2n) is 3.97. The van der Waals surface area contributed by atoms with Crippen LogP contribution in [0.3, 0.4) is 0 Å². The molecule has 0 spiro atoms. The van der Waals surface area contributed by atoms with Gasteiger partial charge in [-0.25, -0.2) is 0 Å². The second-order valence-corrected chi connectivity index (χ2v) is 3.97. The predicted octanol–water partition coefficient (Wildman–Crippen LogP) is 2.59. The Balaban J connectivity index is 2.16. The highest BCUT2D eigenvalue weighted by Crippen LogP contribution is 2.36. The molecule has 0 radical (unpaired) electrons. The molecule has 0 atom stereocenters. The molecule has 1 aliphatic rings. The molecule has 2 rings (SSSR count). The minimum absolute atomic E-state index is 0.187. The Kier molecular flexibility index (Phi) is 2.40. The van der Waals surface area contributed by atoms with E-state index in [9.17, 15) is 0 Å². The van der Waals surface area contributed by atoms with Crippen molar-refractivity contribution in [1.29, 1.82) is 0 Å². The van der Waals surface area contributed by atoms with Gasteiger partial charge in [0.15, 0.2) is 11.5 Å². The van der Waals surface area contributed by atoms with Crippen molar-refractivity contribution in [2.24, 2.45) is 5.41 Å². The third-order valence-corrected chi connectivity index (χ3v) is 3.24. The molecule has 0 amide bonds. The fraction of sp³-hybridized carbons (Fsp3) is 0.636. The Labute approximate surface area is 84.4 Å². The highest BCUT2D eigenvalue weighted by Gasteiger charge is 2.31. The summed E-state index contributed by atoms with van der Waals surface area (Å²) in [5.74, 6) is 1.68. The fourth-order valence-electron chi connectivity index (χ4n) is 1.72. The third-order valence-electron chi connectivity index (χ3n) is 3.24. The number of H-pyrrole nitrogens is 1. The number of hydrogen-bond donors (Lipinski definition) is 1. The molecule has 1 aromatic heterocycles. The van der Waals surface area contributed by atoms with Crippen LogP contribution in [0.1, 0.15) is 26.7 Å². The summed E-state index contributed by atoms with van der Waals surface area (Å²) < 4.78 is 11.5. The van der Waals surface area contributed by atoms with E-state index in [2.05, 4.69) is 18.8 Å². The van der Waals surface area contributed by atoms with Crippen molar-refractivity contribution < 1.29 is 9.47 Å². The van der Waals surface area contributed by atoms with Gasteiger partial charge in [0.1, 0.15) is 0 Å². The van der Waals surface area contributed by atoms with Gasteiger partial charge in [-0.05, 0) is 12.8 Å². The summed E-state index contributed by atoms with van der Waals surface area (Å²) in [7, 11) is 0. The van der Waals surface area contributed by atoms with Gasteiger partial charge >= 0.3 is 0 Å². The van der Waals surface area contributed by atoms with Crippen LogP contribution >= 0.6 is 0 Å². The average Bonchev–Trinajstić information content (AvgIpc) is 2.61. The van der Waals surface area contributed by atoms with Gasteiger partial charge in [-0.15, -0.1) is 0 Å². The molecule has 14 heavy (non-hydrogen) atoms. The number of rotatable bonds is 2. The molecule has 0 fully saturated rings. The van der Waals surface area contributed by atoms with Gasteiger partial charge in [0.05, 0.1) is 13.2 Å². The first-order valence-corrected chi connectivity index (χ1v) is 5.22. The normalized spacial score (nSPS) is 19.0. The van der Waals surface area contributed by atoms with Gasteiger partial charge in [0, 0.05) is 17.8 Å². The van der Waals surface area contributed by atoms with E-state index in [1.807, 2.05) is 12.4 Å². The predicted molar refractivity (Wildman–Crippen MR) is 54.8 cm³/mol. The summed E-state index contributed by atoms with van der Waals surface area (Å²) in [6, 6.07) is 0. The number of nitrogens with one attached hydrogen (secondary N) is 1. The summed E-state index contributed by atoms with van der Waals surface area (Å²) in [6.45, 7) is 5.90. The van der Waals surface area contributed by atoms with E-state index in [-0.39, 0.29) is 5.41 Å². The van der Waals surface area contributed by atoms with Crippen molar-refractivity contribution in [3.05, 3.63) is 12.4 Å². The van der Waals surface area contributed by atoms with E-state index in [1.165, 1.54) is 0 Å². The largest absolute Gasteiger partial charge is 0.487 e. The van der Waals surface area contributed by atoms with Gasteiger partial charge in [-0.2, -0.15) is 0 Å². The van der Waals surface area contributed by atoms with Crippen molar-refractivity contribution in [2.45, 2.75) is 26.7 Å². The molecule has 2 heterocycles. The monoisotopic (exact) mass is 195 g/mol. The summed E-state index contributed by atoms with van der Waals surface area (Å²) in [4.78, 5) is 2.98. The Morgan fingerprint density at radius 2 is 1.64 bits per heavy atom. The summed E-state index contributed by atoms with van der Waals surface area (Å²) >= 11 is 0. The third kappa shape index (κ3) is 1.47. The van der Waals surface area contributed by atoms with Crippen LogP contribution in [0, 0.1) is 5.41 Å². The summed E-state index contributed by atoms with van der Waals surface area (Å²) in [5.41, 5.74) is 0.187. The van der Waals surface area contributed by atoms with Crippen LogP contribution in [0.5, 0.6) is 11.5 Å². The quantitative estimate of drug-likeness (QED) is 0.787. The zero-order valence-electron chi connectivity index (χ0n) is 8.80. The molecule has 0 bridgehead atoms. The van der Waals surface area contributed by atoms with E-state index < -0.39 is 0 Å². The first-order chi connectivity index (χ1) is 6.79. The van der Waals surface area contributed by atoms with Crippen LogP contribution in [-0.2, 0) is 0 Å². The lowest BCUT2D eigenvalue weighted by Crippen LogP contribution is -2.32. The topological polar surface area (TPSA) is 34.2 Å². The molecule has 0 unspecified atom stereocenters. The average molecular weight is 195 g/mol. The first kappa shape index (κ1) is 9.44. The van der Waals surface area contributed by atoms with Crippen molar-refractivity contribution in [2.75, 3.05) is 13.2 Å². The van der Waals surface area contributed by atoms with E-state index in [1.54, 1.807) is 0 Å². The highest BCUT2D eigenvalue weighted by atomic mass is 16.5. The minimum atomic E-state index is 0.187. The zero-order valence-corrected chi connectivity index (χ0v) is 8.80. The molecule has 78 valence electrons. The Bertz CT molecular complexity index is 277. The van der Waals surface area contributed by atoms with E-state index >= 15 is 0 Å². The van der Waals surface area contributed by atoms with Crippen LogP contribution < -0.4 is 9.47 Å². The molecule has 0 saturated carbocycles. The number of hydrogen-bond acceptors (Lipinski definition) is 2. The van der Waals surface area contributed by atoms with Crippen LogP contribution in [0.25, 0.3) is 0 Å². The van der Waals surface area contributed by atoms with Gasteiger partial charge in [0.2, 0.25) is 0 Å². The summed E-state index contributed by atoms with van der Waals surface area (Å²) in [5, 5.41) is 0. The zero-order chi connectivity index (χ0) is 10.0. The Morgan fingerprint density at radius 3 is 2.07 bits per heavy atom. The maximum atomic E-state index is 5.73. The Hall–Kier alpha value is -1.12. The SMILES string of the molecule is CCC1(CC)COc2c[nH]cc2OC1. The highest BCUT2D eigenvalue weighted by molar-refractivity contribution is 5.37. The van der Waals surface area contributed by atoms with Gasteiger partial charge in [0.25, 0.3) is 0 Å². The standard InChI is InChI=1S/C11H17NO2/c1-3-11(4-2)7-13-9-5-12-6-10(9)14-8-11/h5-6,12H,3-4,7-8H2,1-2H3. The minimum Gasteiger partial charge on any atom is -0.487 e. The molecule has 1 N–H and O–H groups in total. The number of aromatic amines is 1. The number of ether oxygens (including phenoxy) is 2. The summed E-state index contributed by atoms with van der Waals surface area (Å²) in [6.07, 6.45) is 5.88. The maximum absolute atomic E-state index is 5.73. The van der Waals surface area contributed by atoms with E-state index in [0.29, 0.717) is 0 Å². The Morgan fingerprint density at radius 1 is 1.14 bits per heavy atom. The van der Waals surface area contributed by atoms with E-state index in [0.717, 1.165) is 37.6 Å². The van der Waals surface area contributed by atoms with Crippen molar-refractivity contribution in [3.63, 3.8) is 0 Å². The van der Waals surface area contributed by atoms with Gasteiger partial charge < -0.3 is 14.5 Å². The van der Waals surface area contributed by atoms with Crippen molar-refractivity contribution in [3.8, 4) is 11.5 Å². The number of aromatic nitrogens is 1. The molecule has 1 aliphatic heterocycles. The maximum Gasteiger partial charge on any atom is 0.178 e. The lowest BCUT2D eigenvalue weighted by Gasteiger charge is -2.28. The molecule has 0 aromatic carbocycles. The van der Waals surface area contributed by atoms with E-state index in [4.69, 9.17) is 9.47 Å². The first-order valence-electron chi connectivity index (χ1n) is 5.22. The van der Waals surface area contributed by atoms with Crippen LogP contribution in [-0.4, -0.2) is 18.2 Å². The lowest BCUT2D eigenvalue weighted by atomic mass is 9.84. The molecule has 3 nitrogen and oxygen atoms in total. The molecule has 0 aliphatic carbocycles.